The highest BCUT2D eigenvalue weighted by atomic mass is 19.2. The third kappa shape index (κ3) is 2.31. The predicted octanol–water partition coefficient (Wildman–Crippen LogP) is 1.71. The molecule has 3 heterocycles. The average Bonchev–Trinajstić information content (AvgIpc) is 3.16. The van der Waals surface area contributed by atoms with Crippen LogP contribution in [0.3, 0.4) is 0 Å². The van der Waals surface area contributed by atoms with Crippen molar-refractivity contribution in [1.82, 2.24) is 19.6 Å². The fraction of sp³-hybridized carbons (Fsp3) is 0.267. The second-order valence-electron chi connectivity index (χ2n) is 5.54. The molecular formula is C15H13F2N5O. The van der Waals surface area contributed by atoms with E-state index in [1.165, 1.54) is 6.07 Å². The second-order valence-corrected chi connectivity index (χ2v) is 5.54. The van der Waals surface area contributed by atoms with Crippen LogP contribution in [0.5, 0.6) is 0 Å². The molecule has 2 atom stereocenters. The number of rotatable bonds is 2. The topological polar surface area (TPSA) is 66.5 Å². The van der Waals surface area contributed by atoms with E-state index >= 15 is 0 Å². The minimum atomic E-state index is -0.905. The highest BCUT2D eigenvalue weighted by Gasteiger charge is 2.34. The van der Waals surface area contributed by atoms with Gasteiger partial charge in [-0.3, -0.25) is 4.40 Å². The Bertz CT molecular complexity index is 868. The summed E-state index contributed by atoms with van der Waals surface area (Å²) in [7, 11) is 0. The summed E-state index contributed by atoms with van der Waals surface area (Å²) in [6.45, 7) is 0.337. The Balaban J connectivity index is 1.79. The van der Waals surface area contributed by atoms with Crippen molar-refractivity contribution in [3.05, 3.63) is 54.1 Å². The van der Waals surface area contributed by atoms with Crippen LogP contribution < -0.4 is 4.90 Å². The minimum Gasteiger partial charge on any atom is -0.391 e. The average molecular weight is 317 g/mol. The van der Waals surface area contributed by atoms with Crippen molar-refractivity contribution in [3.8, 4) is 0 Å². The number of hydrogen-bond donors (Lipinski definition) is 1. The van der Waals surface area contributed by atoms with Crippen LogP contribution in [-0.4, -0.2) is 37.3 Å². The summed E-state index contributed by atoms with van der Waals surface area (Å²) in [5.74, 6) is -1.25. The van der Waals surface area contributed by atoms with E-state index in [4.69, 9.17) is 0 Å². The number of benzene rings is 1. The number of aliphatic hydroxyl groups excluding tert-OH is 1. The molecular weight excluding hydrogens is 304 g/mol. The minimum absolute atomic E-state index is 0.310. The first-order chi connectivity index (χ1) is 11.1. The lowest BCUT2D eigenvalue weighted by Gasteiger charge is -2.25. The van der Waals surface area contributed by atoms with Crippen molar-refractivity contribution in [2.75, 3.05) is 11.4 Å². The van der Waals surface area contributed by atoms with E-state index in [9.17, 15) is 13.9 Å². The Morgan fingerprint density at radius 3 is 2.91 bits per heavy atom. The van der Waals surface area contributed by atoms with Crippen LogP contribution >= 0.6 is 0 Å². The lowest BCUT2D eigenvalue weighted by atomic mass is 10.0. The largest absolute Gasteiger partial charge is 0.391 e. The number of aliphatic hydroxyl groups is 1. The molecule has 118 valence electrons. The molecule has 0 spiro atoms. The van der Waals surface area contributed by atoms with Gasteiger partial charge in [-0.1, -0.05) is 6.07 Å². The maximum Gasteiger partial charge on any atom is 0.203 e. The lowest BCUT2D eigenvalue weighted by Crippen LogP contribution is -2.26. The van der Waals surface area contributed by atoms with Gasteiger partial charge in [0.15, 0.2) is 17.5 Å². The molecule has 0 saturated carbocycles. The molecule has 1 aromatic carbocycles. The molecule has 6 nitrogen and oxygen atoms in total. The number of anilines is 1. The molecule has 1 saturated heterocycles. The van der Waals surface area contributed by atoms with E-state index in [1.807, 2.05) is 4.90 Å². The molecule has 1 N–H and O–H groups in total. The molecule has 0 aliphatic carbocycles. The summed E-state index contributed by atoms with van der Waals surface area (Å²) in [5.41, 5.74) is 1.14. The molecule has 8 heteroatoms. The zero-order valence-corrected chi connectivity index (χ0v) is 12.0. The zero-order chi connectivity index (χ0) is 16.0. The van der Waals surface area contributed by atoms with E-state index in [1.54, 1.807) is 23.1 Å². The fourth-order valence-electron chi connectivity index (χ4n) is 3.03. The van der Waals surface area contributed by atoms with E-state index in [0.717, 1.165) is 12.1 Å². The van der Waals surface area contributed by atoms with Gasteiger partial charge in [0.1, 0.15) is 6.33 Å². The SMILES string of the molecule is O[C@@H]1C[C@H](c2ccc(F)c(F)c2)N(c2nccn3cnnc23)C1. The van der Waals surface area contributed by atoms with Crippen molar-refractivity contribution >= 4 is 11.5 Å². The quantitative estimate of drug-likeness (QED) is 0.779. The number of aromatic nitrogens is 4. The molecule has 0 amide bonds. The molecule has 0 bridgehead atoms. The van der Waals surface area contributed by atoms with Crippen molar-refractivity contribution in [2.24, 2.45) is 0 Å². The van der Waals surface area contributed by atoms with Crippen LogP contribution in [0.25, 0.3) is 5.65 Å². The number of β-amino-alcohol motifs (C(OH)–C–C–N with tert-alkyl or cyclic N) is 1. The van der Waals surface area contributed by atoms with Gasteiger partial charge in [-0.15, -0.1) is 10.2 Å². The van der Waals surface area contributed by atoms with Crippen molar-refractivity contribution in [1.29, 1.82) is 0 Å². The third-order valence-electron chi connectivity index (χ3n) is 4.08. The van der Waals surface area contributed by atoms with Gasteiger partial charge in [-0.2, -0.15) is 0 Å². The summed E-state index contributed by atoms with van der Waals surface area (Å²) < 4.78 is 28.5. The van der Waals surface area contributed by atoms with Crippen LogP contribution in [0.1, 0.15) is 18.0 Å². The van der Waals surface area contributed by atoms with Gasteiger partial charge in [-0.25, -0.2) is 13.8 Å². The first-order valence-corrected chi connectivity index (χ1v) is 7.17. The maximum absolute atomic E-state index is 13.6. The van der Waals surface area contributed by atoms with Crippen LogP contribution in [0, 0.1) is 11.6 Å². The lowest BCUT2D eigenvalue weighted by molar-refractivity contribution is 0.194. The van der Waals surface area contributed by atoms with Crippen LogP contribution in [0.2, 0.25) is 0 Å². The standard InChI is InChI=1S/C15H13F2N5O/c16-11-2-1-9(5-12(11)17)13-6-10(23)7-22(13)14-15-20-19-8-21(15)4-3-18-14/h1-5,8,10,13,23H,6-7H2/t10-,13-/m1/s1. The van der Waals surface area contributed by atoms with Gasteiger partial charge in [-0.05, 0) is 24.1 Å². The summed E-state index contributed by atoms with van der Waals surface area (Å²) in [6, 6.07) is 3.47. The smallest absolute Gasteiger partial charge is 0.203 e. The summed E-state index contributed by atoms with van der Waals surface area (Å²) in [4.78, 5) is 6.18. The number of hydrogen-bond acceptors (Lipinski definition) is 5. The van der Waals surface area contributed by atoms with Crippen molar-refractivity contribution in [2.45, 2.75) is 18.6 Å². The second kappa shape index (κ2) is 5.24. The summed E-state index contributed by atoms with van der Waals surface area (Å²) in [5, 5.41) is 18.0. The number of halogens is 2. The van der Waals surface area contributed by atoms with Gasteiger partial charge in [0.05, 0.1) is 12.1 Å². The van der Waals surface area contributed by atoms with Crippen LogP contribution in [-0.2, 0) is 0 Å². The van der Waals surface area contributed by atoms with E-state index in [0.29, 0.717) is 30.0 Å². The summed E-state index contributed by atoms with van der Waals surface area (Å²) >= 11 is 0. The molecule has 1 aliphatic rings. The number of nitrogens with zero attached hydrogens (tertiary/aromatic N) is 5. The Labute approximate surface area is 130 Å². The highest BCUT2D eigenvalue weighted by molar-refractivity contribution is 5.65. The zero-order valence-electron chi connectivity index (χ0n) is 12.0. The fourth-order valence-corrected chi connectivity index (χ4v) is 3.03. The Morgan fingerprint density at radius 2 is 2.09 bits per heavy atom. The third-order valence-corrected chi connectivity index (χ3v) is 4.08. The van der Waals surface area contributed by atoms with E-state index < -0.39 is 17.7 Å². The predicted molar refractivity (Wildman–Crippen MR) is 77.9 cm³/mol. The van der Waals surface area contributed by atoms with Crippen molar-refractivity contribution in [3.63, 3.8) is 0 Å². The van der Waals surface area contributed by atoms with E-state index in [-0.39, 0.29) is 6.04 Å². The molecule has 1 fully saturated rings. The Kier molecular flexibility index (Phi) is 3.19. The monoisotopic (exact) mass is 317 g/mol. The molecule has 1 aliphatic heterocycles. The van der Waals surface area contributed by atoms with Gasteiger partial charge in [0.2, 0.25) is 5.65 Å². The van der Waals surface area contributed by atoms with Gasteiger partial charge < -0.3 is 10.0 Å². The normalized spacial score (nSPS) is 21.3. The number of fused-ring (bicyclic) bond motifs is 1. The van der Waals surface area contributed by atoms with Gasteiger partial charge >= 0.3 is 0 Å². The highest BCUT2D eigenvalue weighted by Crippen LogP contribution is 2.36. The van der Waals surface area contributed by atoms with Crippen molar-refractivity contribution < 1.29 is 13.9 Å². The first kappa shape index (κ1) is 14.0. The molecule has 2 aromatic heterocycles. The Hall–Kier alpha value is -2.61. The molecule has 4 rings (SSSR count). The maximum atomic E-state index is 13.6. The van der Waals surface area contributed by atoms with E-state index in [2.05, 4.69) is 15.2 Å². The summed E-state index contributed by atoms with van der Waals surface area (Å²) in [6.07, 6.45) is 4.70. The van der Waals surface area contributed by atoms with Crippen LogP contribution in [0.15, 0.2) is 36.9 Å². The molecule has 3 aromatic rings. The molecule has 0 radical (unpaired) electrons. The van der Waals surface area contributed by atoms with Gasteiger partial charge in [0, 0.05) is 18.9 Å². The molecule has 0 unspecified atom stereocenters. The first-order valence-electron chi connectivity index (χ1n) is 7.17. The van der Waals surface area contributed by atoms with Crippen LogP contribution in [0.4, 0.5) is 14.6 Å². The Morgan fingerprint density at radius 1 is 1.22 bits per heavy atom. The molecule has 23 heavy (non-hydrogen) atoms. The van der Waals surface area contributed by atoms with Gasteiger partial charge in [0.25, 0.3) is 0 Å².